The van der Waals surface area contributed by atoms with Gasteiger partial charge in [0, 0.05) is 24.3 Å². The van der Waals surface area contributed by atoms with Gasteiger partial charge in [-0.1, -0.05) is 23.9 Å². The normalized spacial score (nSPS) is 24.0. The van der Waals surface area contributed by atoms with E-state index in [9.17, 15) is 34.8 Å². The zero-order valence-corrected chi connectivity index (χ0v) is 21.5. The minimum absolute atomic E-state index is 0.116. The van der Waals surface area contributed by atoms with Crippen LogP contribution in [0.25, 0.3) is 10.4 Å². The van der Waals surface area contributed by atoms with E-state index in [1.165, 1.54) is 0 Å². The highest BCUT2D eigenvalue weighted by atomic mass is 16.7. The van der Waals surface area contributed by atoms with E-state index in [0.717, 1.165) is 0 Å². The topological polar surface area (TPSA) is 253 Å². The van der Waals surface area contributed by atoms with Crippen LogP contribution in [-0.4, -0.2) is 119 Å². The number of unbranched alkanes of at least 4 members (excludes halogenated alkanes) is 3. The molecule has 1 aliphatic heterocycles. The van der Waals surface area contributed by atoms with Gasteiger partial charge in [0.25, 0.3) is 5.79 Å². The first kappa shape index (κ1) is 34.0. The molecule has 220 valence electrons. The Hall–Kier alpha value is -3.00. The molecular formula is C23H37N5O11. The molecule has 0 aromatic rings. The molecule has 0 aliphatic carbocycles. The van der Waals surface area contributed by atoms with E-state index in [1.54, 1.807) is 0 Å². The summed E-state index contributed by atoms with van der Waals surface area (Å²) in [6.07, 6.45) is -0.0595. The zero-order chi connectivity index (χ0) is 29.3. The number of amides is 2. The number of nitrogens with one attached hydrogen (secondary N) is 2. The second-order valence-electron chi connectivity index (χ2n) is 8.75. The number of nitrogens with zero attached hydrogens (tertiary/aromatic N) is 3. The van der Waals surface area contributed by atoms with Gasteiger partial charge in [0.2, 0.25) is 11.8 Å². The Kier molecular flexibility index (Phi) is 16.0. The number of carbonyl (C=O) groups excluding carboxylic acids is 2. The highest BCUT2D eigenvalue weighted by Gasteiger charge is 2.55. The molecule has 0 saturated carbocycles. The minimum Gasteiger partial charge on any atom is -0.477 e. The molecule has 0 unspecified atom stereocenters. The van der Waals surface area contributed by atoms with Crippen LogP contribution in [0.5, 0.6) is 0 Å². The first-order valence-electron chi connectivity index (χ1n) is 12.4. The molecule has 16 heteroatoms. The van der Waals surface area contributed by atoms with Crippen molar-refractivity contribution in [2.24, 2.45) is 5.11 Å². The van der Waals surface area contributed by atoms with Crippen molar-refractivity contribution < 1.29 is 54.1 Å². The number of hydrogen-bond acceptors (Lipinski definition) is 11. The molecule has 6 atom stereocenters. The molecule has 0 bridgehead atoms. The Balaban J connectivity index is 2.68. The van der Waals surface area contributed by atoms with Gasteiger partial charge in [0.05, 0.1) is 38.0 Å². The summed E-state index contributed by atoms with van der Waals surface area (Å²) in [5, 5.41) is 58.4. The highest BCUT2D eigenvalue weighted by molar-refractivity contribution is 5.78. The molecule has 39 heavy (non-hydrogen) atoms. The van der Waals surface area contributed by atoms with E-state index in [2.05, 4.69) is 26.6 Å². The lowest BCUT2D eigenvalue weighted by Gasteiger charge is -2.46. The molecule has 7 N–H and O–H groups in total. The van der Waals surface area contributed by atoms with Crippen molar-refractivity contribution in [3.8, 4) is 12.3 Å². The number of carboxylic acid groups (broad SMARTS) is 1. The number of aliphatic hydroxyl groups excluding tert-OH is 4. The van der Waals surface area contributed by atoms with Crippen molar-refractivity contribution in [1.82, 2.24) is 10.6 Å². The van der Waals surface area contributed by atoms with Gasteiger partial charge in [-0.3, -0.25) is 9.59 Å². The molecule has 1 heterocycles. The van der Waals surface area contributed by atoms with Gasteiger partial charge in [-0.15, -0.1) is 6.42 Å². The fourth-order valence-corrected chi connectivity index (χ4v) is 3.85. The Morgan fingerprint density at radius 1 is 1.21 bits per heavy atom. The second-order valence-corrected chi connectivity index (χ2v) is 8.75. The van der Waals surface area contributed by atoms with Crippen molar-refractivity contribution in [2.45, 2.75) is 74.8 Å². The van der Waals surface area contributed by atoms with E-state index >= 15 is 0 Å². The van der Waals surface area contributed by atoms with Gasteiger partial charge in [-0.05, 0) is 18.4 Å². The third-order valence-corrected chi connectivity index (χ3v) is 5.82. The molecule has 1 aliphatic rings. The average molecular weight is 560 g/mol. The summed E-state index contributed by atoms with van der Waals surface area (Å²) >= 11 is 0. The molecule has 0 aromatic carbocycles. The van der Waals surface area contributed by atoms with Crippen LogP contribution in [-0.2, 0) is 28.6 Å². The summed E-state index contributed by atoms with van der Waals surface area (Å²) in [7, 11) is 0. The number of ether oxygens (including phenoxy) is 3. The Morgan fingerprint density at radius 3 is 2.56 bits per heavy atom. The summed E-state index contributed by atoms with van der Waals surface area (Å²) < 4.78 is 16.1. The smallest absolute Gasteiger partial charge is 0.364 e. The van der Waals surface area contributed by atoms with E-state index in [0.29, 0.717) is 45.3 Å². The van der Waals surface area contributed by atoms with E-state index in [4.69, 9.17) is 31.3 Å². The average Bonchev–Trinajstić information content (AvgIpc) is 2.91. The van der Waals surface area contributed by atoms with E-state index in [-0.39, 0.29) is 19.1 Å². The van der Waals surface area contributed by atoms with Gasteiger partial charge < -0.3 is 50.4 Å². The first-order valence-corrected chi connectivity index (χ1v) is 12.4. The Morgan fingerprint density at radius 2 is 1.92 bits per heavy atom. The molecule has 16 nitrogen and oxygen atoms in total. The van der Waals surface area contributed by atoms with Gasteiger partial charge >= 0.3 is 5.97 Å². The molecule has 0 spiro atoms. The van der Waals surface area contributed by atoms with Crippen LogP contribution in [0.4, 0.5) is 0 Å². The minimum atomic E-state index is -2.43. The molecule has 2 amide bonds. The lowest BCUT2D eigenvalue weighted by atomic mass is 9.88. The molecule has 0 radical (unpaired) electrons. The number of aliphatic hydroxyl groups is 4. The van der Waals surface area contributed by atoms with Gasteiger partial charge in [0.15, 0.2) is 0 Å². The van der Waals surface area contributed by atoms with Gasteiger partial charge in [-0.25, -0.2) is 4.79 Å². The highest BCUT2D eigenvalue weighted by Crippen LogP contribution is 2.34. The van der Waals surface area contributed by atoms with Crippen LogP contribution in [0.15, 0.2) is 5.11 Å². The molecule has 1 rings (SSSR count). The largest absolute Gasteiger partial charge is 0.477 e. The summed E-state index contributed by atoms with van der Waals surface area (Å²) in [5.41, 5.74) is 8.45. The van der Waals surface area contributed by atoms with E-state index < -0.39 is 67.7 Å². The third-order valence-electron chi connectivity index (χ3n) is 5.82. The number of rotatable bonds is 19. The number of terminal acetylenes is 1. The lowest BCUT2D eigenvalue weighted by Crippen LogP contribution is -2.68. The van der Waals surface area contributed by atoms with Crippen LogP contribution in [0.2, 0.25) is 0 Å². The Bertz CT molecular complexity index is 879. The maximum atomic E-state index is 12.1. The van der Waals surface area contributed by atoms with Crippen molar-refractivity contribution in [2.75, 3.05) is 39.5 Å². The van der Waals surface area contributed by atoms with Crippen molar-refractivity contribution in [1.29, 1.82) is 0 Å². The number of carbonyl (C=O) groups is 3. The van der Waals surface area contributed by atoms with Crippen LogP contribution in [0.3, 0.4) is 0 Å². The van der Waals surface area contributed by atoms with Crippen LogP contribution in [0, 0.1) is 12.3 Å². The maximum absolute atomic E-state index is 12.1. The molecular weight excluding hydrogens is 522 g/mol. The second kappa shape index (κ2) is 18.3. The molecule has 0 aromatic heterocycles. The van der Waals surface area contributed by atoms with Gasteiger partial charge in [0.1, 0.15) is 25.4 Å². The lowest BCUT2D eigenvalue weighted by molar-refractivity contribution is -0.310. The van der Waals surface area contributed by atoms with Gasteiger partial charge in [-0.2, -0.15) is 0 Å². The van der Waals surface area contributed by atoms with Crippen molar-refractivity contribution >= 4 is 17.8 Å². The number of aliphatic carboxylic acids is 1. The number of hydrogen-bond donors (Lipinski definition) is 7. The maximum Gasteiger partial charge on any atom is 0.364 e. The monoisotopic (exact) mass is 559 g/mol. The number of carboxylic acids is 1. The predicted molar refractivity (Wildman–Crippen MR) is 133 cm³/mol. The standard InChI is InChI=1S/C23H37N5O11/c1-2-9-37-11-8-25-17(32)7-5-3-4-6-10-38-23(22(35)36)12-15(30)19(27-18(33)14-29)21(39-23)20(34)16(31)13-26-28-24/h1,15-16,19-21,29-31,34H,3-14H2,(H,25,32)(H,27,33)(H,35,36)/t15-,16+,19+,20+,21+,23+/m0/s1. The van der Waals surface area contributed by atoms with E-state index in [1.807, 2.05) is 0 Å². The van der Waals surface area contributed by atoms with Crippen LogP contribution in [0.1, 0.15) is 38.5 Å². The third kappa shape index (κ3) is 11.7. The predicted octanol–water partition coefficient (Wildman–Crippen LogP) is -1.84. The van der Waals surface area contributed by atoms with Crippen molar-refractivity contribution in [3.63, 3.8) is 0 Å². The Labute approximate surface area is 225 Å². The van der Waals surface area contributed by atoms with Crippen LogP contribution < -0.4 is 10.6 Å². The quantitative estimate of drug-likeness (QED) is 0.0304. The fourth-order valence-electron chi connectivity index (χ4n) is 3.85. The van der Waals surface area contributed by atoms with Crippen LogP contribution >= 0.6 is 0 Å². The SMILES string of the molecule is C#CCOCCNC(=O)CCCCCCO[C@]1(C(=O)O)C[C@H](O)[C@@H](NC(=O)CO)[C@H]([C@H](O)[C@H](O)CN=[N+]=[N-])O1. The molecule has 1 saturated heterocycles. The summed E-state index contributed by atoms with van der Waals surface area (Å²) in [5.74, 6) is -2.80. The van der Waals surface area contributed by atoms with Crippen molar-refractivity contribution in [3.05, 3.63) is 10.4 Å². The molecule has 1 fully saturated rings. The summed E-state index contributed by atoms with van der Waals surface area (Å²) in [6.45, 7) is -0.847. The summed E-state index contributed by atoms with van der Waals surface area (Å²) in [6, 6.07) is -1.42. The first-order chi connectivity index (χ1) is 18.6. The number of azide groups is 1. The zero-order valence-electron chi connectivity index (χ0n) is 21.5. The summed E-state index contributed by atoms with van der Waals surface area (Å²) in [4.78, 5) is 38.1. The fraction of sp³-hybridized carbons (Fsp3) is 0.783.